The summed E-state index contributed by atoms with van der Waals surface area (Å²) in [5.41, 5.74) is 4.23. The first-order valence-electron chi connectivity index (χ1n) is 8.88. The molecule has 6 heteroatoms. The van der Waals surface area contributed by atoms with Crippen molar-refractivity contribution in [2.24, 2.45) is 0 Å². The van der Waals surface area contributed by atoms with Gasteiger partial charge < -0.3 is 9.73 Å². The number of rotatable bonds is 4. The number of amides is 1. The van der Waals surface area contributed by atoms with Crippen LogP contribution in [0.5, 0.6) is 0 Å². The zero-order chi connectivity index (χ0) is 20.4. The Bertz CT molecular complexity index is 1150. The van der Waals surface area contributed by atoms with Crippen molar-refractivity contribution in [1.29, 1.82) is 0 Å². The number of benzene rings is 2. The highest BCUT2D eigenvalue weighted by Gasteiger charge is 2.17. The fourth-order valence-corrected chi connectivity index (χ4v) is 3.06. The largest absolute Gasteiger partial charge is 0.472 e. The van der Waals surface area contributed by atoms with Crippen LogP contribution in [-0.4, -0.2) is 10.9 Å². The Morgan fingerprint density at radius 1 is 0.966 bits per heavy atom. The second kappa shape index (κ2) is 7.67. The second-order valence-electron chi connectivity index (χ2n) is 6.52. The summed E-state index contributed by atoms with van der Waals surface area (Å²) in [7, 11) is 0. The number of pyridine rings is 1. The number of furan rings is 1. The molecule has 1 amide bonds. The predicted octanol–water partition coefficient (Wildman–Crippen LogP) is 5.85. The molecule has 0 saturated carbocycles. The van der Waals surface area contributed by atoms with E-state index in [0.717, 1.165) is 39.9 Å². The average Bonchev–Trinajstić information content (AvgIpc) is 3.24. The van der Waals surface area contributed by atoms with Gasteiger partial charge in [-0.3, -0.25) is 4.79 Å². The maximum atomic E-state index is 13.8. The molecule has 2 aromatic heterocycles. The third kappa shape index (κ3) is 3.78. The standard InChI is InChI=1S/C23H16F2N2O2/c1-14-5-6-15(17-9-10-29-13-17)11-18(14)16-7-8-21(26-12-16)27-23(28)22-19(24)3-2-4-20(22)25/h2-13H,1H3,(H,26,27,28). The summed E-state index contributed by atoms with van der Waals surface area (Å²) in [5, 5.41) is 2.42. The molecule has 0 fully saturated rings. The van der Waals surface area contributed by atoms with Gasteiger partial charge in [0.05, 0.1) is 12.5 Å². The lowest BCUT2D eigenvalue weighted by Crippen LogP contribution is -2.16. The zero-order valence-corrected chi connectivity index (χ0v) is 15.4. The Kier molecular flexibility index (Phi) is 4.91. The predicted molar refractivity (Wildman–Crippen MR) is 106 cm³/mol. The van der Waals surface area contributed by atoms with Crippen LogP contribution in [0.4, 0.5) is 14.6 Å². The summed E-state index contributed by atoms with van der Waals surface area (Å²) in [4.78, 5) is 16.4. The van der Waals surface area contributed by atoms with Gasteiger partial charge in [0.2, 0.25) is 0 Å². The molecule has 4 rings (SSSR count). The molecule has 1 N–H and O–H groups in total. The Morgan fingerprint density at radius 2 is 1.72 bits per heavy atom. The number of anilines is 1. The van der Waals surface area contributed by atoms with Crippen LogP contribution < -0.4 is 5.32 Å². The van der Waals surface area contributed by atoms with Gasteiger partial charge in [0.25, 0.3) is 5.91 Å². The molecule has 144 valence electrons. The minimum atomic E-state index is -0.925. The van der Waals surface area contributed by atoms with Crippen LogP contribution in [0.25, 0.3) is 22.3 Å². The monoisotopic (exact) mass is 390 g/mol. The van der Waals surface area contributed by atoms with Gasteiger partial charge in [0.1, 0.15) is 23.0 Å². The summed E-state index contributed by atoms with van der Waals surface area (Å²) in [6.45, 7) is 1.99. The highest BCUT2D eigenvalue weighted by molar-refractivity contribution is 6.04. The number of hydrogen-bond donors (Lipinski definition) is 1. The van der Waals surface area contributed by atoms with Crippen LogP contribution in [-0.2, 0) is 0 Å². The molecule has 2 aromatic carbocycles. The lowest BCUT2D eigenvalue weighted by atomic mass is 9.97. The van der Waals surface area contributed by atoms with Gasteiger partial charge >= 0.3 is 0 Å². The van der Waals surface area contributed by atoms with Crippen LogP contribution in [0.2, 0.25) is 0 Å². The summed E-state index contributed by atoms with van der Waals surface area (Å²) >= 11 is 0. The van der Waals surface area contributed by atoms with Gasteiger partial charge in [-0.05, 0) is 60.0 Å². The molecule has 0 bridgehead atoms. The lowest BCUT2D eigenvalue weighted by molar-refractivity contribution is 0.101. The van der Waals surface area contributed by atoms with Crippen LogP contribution in [0.15, 0.2) is 77.7 Å². The first-order valence-corrected chi connectivity index (χ1v) is 8.88. The molecular formula is C23H16F2N2O2. The number of aromatic nitrogens is 1. The van der Waals surface area contributed by atoms with E-state index in [1.807, 2.05) is 31.2 Å². The zero-order valence-electron chi connectivity index (χ0n) is 15.4. The maximum absolute atomic E-state index is 13.8. The molecular weight excluding hydrogens is 374 g/mol. The topological polar surface area (TPSA) is 55.1 Å². The maximum Gasteiger partial charge on any atom is 0.262 e. The Hall–Kier alpha value is -3.80. The van der Waals surface area contributed by atoms with Crippen LogP contribution in [0.3, 0.4) is 0 Å². The van der Waals surface area contributed by atoms with Crippen molar-refractivity contribution in [3.8, 4) is 22.3 Å². The average molecular weight is 390 g/mol. The molecule has 0 atom stereocenters. The van der Waals surface area contributed by atoms with Crippen LogP contribution >= 0.6 is 0 Å². The lowest BCUT2D eigenvalue weighted by Gasteiger charge is -2.10. The third-order valence-electron chi connectivity index (χ3n) is 4.60. The number of carbonyl (C=O) groups excluding carboxylic acids is 1. The molecule has 4 aromatic rings. The van der Waals surface area contributed by atoms with Gasteiger partial charge in [0, 0.05) is 17.3 Å². The van der Waals surface area contributed by atoms with Crippen molar-refractivity contribution in [2.75, 3.05) is 5.32 Å². The van der Waals surface area contributed by atoms with Gasteiger partial charge in [0.15, 0.2) is 0 Å². The van der Waals surface area contributed by atoms with E-state index in [0.29, 0.717) is 0 Å². The summed E-state index contributed by atoms with van der Waals surface area (Å²) in [6, 6.07) is 14.6. The molecule has 0 aliphatic carbocycles. The number of nitrogens with one attached hydrogen (secondary N) is 1. The molecule has 0 aliphatic rings. The number of carbonyl (C=O) groups is 1. The van der Waals surface area contributed by atoms with Crippen LogP contribution in [0, 0.1) is 18.6 Å². The van der Waals surface area contributed by atoms with E-state index < -0.39 is 23.1 Å². The molecule has 0 unspecified atom stereocenters. The normalized spacial score (nSPS) is 10.7. The highest BCUT2D eigenvalue weighted by Crippen LogP contribution is 2.29. The fraction of sp³-hybridized carbons (Fsp3) is 0.0435. The molecule has 29 heavy (non-hydrogen) atoms. The Morgan fingerprint density at radius 3 is 2.38 bits per heavy atom. The molecule has 2 heterocycles. The number of halogens is 2. The molecule has 0 spiro atoms. The first-order chi connectivity index (χ1) is 14.0. The molecule has 4 nitrogen and oxygen atoms in total. The summed E-state index contributed by atoms with van der Waals surface area (Å²) in [6.07, 6.45) is 4.90. The van der Waals surface area contributed by atoms with E-state index in [-0.39, 0.29) is 5.82 Å². The first kappa shape index (κ1) is 18.6. The van der Waals surface area contributed by atoms with E-state index >= 15 is 0 Å². The van der Waals surface area contributed by atoms with Gasteiger partial charge in [-0.2, -0.15) is 0 Å². The fourth-order valence-electron chi connectivity index (χ4n) is 3.06. The number of nitrogens with zero attached hydrogens (tertiary/aromatic N) is 1. The highest BCUT2D eigenvalue weighted by atomic mass is 19.1. The van der Waals surface area contributed by atoms with Crippen molar-refractivity contribution in [3.05, 3.63) is 96.1 Å². The van der Waals surface area contributed by atoms with Crippen molar-refractivity contribution in [2.45, 2.75) is 6.92 Å². The SMILES string of the molecule is Cc1ccc(-c2ccoc2)cc1-c1ccc(NC(=O)c2c(F)cccc2F)nc1. The van der Waals surface area contributed by atoms with Crippen molar-refractivity contribution in [1.82, 2.24) is 4.98 Å². The number of hydrogen-bond acceptors (Lipinski definition) is 3. The minimum Gasteiger partial charge on any atom is -0.472 e. The minimum absolute atomic E-state index is 0.199. The van der Waals surface area contributed by atoms with Crippen molar-refractivity contribution >= 4 is 11.7 Å². The third-order valence-corrected chi connectivity index (χ3v) is 4.60. The smallest absolute Gasteiger partial charge is 0.262 e. The van der Waals surface area contributed by atoms with E-state index in [4.69, 9.17) is 4.42 Å². The van der Waals surface area contributed by atoms with Crippen LogP contribution in [0.1, 0.15) is 15.9 Å². The van der Waals surface area contributed by atoms with E-state index in [9.17, 15) is 13.6 Å². The molecule has 0 saturated heterocycles. The van der Waals surface area contributed by atoms with E-state index in [1.54, 1.807) is 30.9 Å². The van der Waals surface area contributed by atoms with E-state index in [1.165, 1.54) is 6.07 Å². The van der Waals surface area contributed by atoms with Crippen molar-refractivity contribution < 1.29 is 18.0 Å². The quantitative estimate of drug-likeness (QED) is 0.476. The molecule has 0 aliphatic heterocycles. The van der Waals surface area contributed by atoms with Gasteiger partial charge in [-0.15, -0.1) is 0 Å². The van der Waals surface area contributed by atoms with Gasteiger partial charge in [-0.1, -0.05) is 18.2 Å². The second-order valence-corrected chi connectivity index (χ2v) is 6.52. The number of aryl methyl sites for hydroxylation is 1. The summed E-state index contributed by atoms with van der Waals surface area (Å²) < 4.78 is 32.7. The van der Waals surface area contributed by atoms with Crippen molar-refractivity contribution in [3.63, 3.8) is 0 Å². The summed E-state index contributed by atoms with van der Waals surface area (Å²) in [5.74, 6) is -2.54. The molecule has 0 radical (unpaired) electrons. The Balaban J connectivity index is 1.59. The Labute approximate surface area is 165 Å². The van der Waals surface area contributed by atoms with E-state index in [2.05, 4.69) is 10.3 Å². The van der Waals surface area contributed by atoms with Gasteiger partial charge in [-0.25, -0.2) is 13.8 Å².